The molecule has 2 bridgehead atoms. The molecule has 1 saturated heterocycles. The maximum atomic E-state index is 12.3. The molecule has 1 unspecified atom stereocenters. The van der Waals surface area contributed by atoms with Crippen LogP contribution in [-0.4, -0.2) is 36.2 Å². The number of esters is 3. The lowest BCUT2D eigenvalue weighted by Gasteiger charge is -2.26. The van der Waals surface area contributed by atoms with E-state index in [9.17, 15) is 14.4 Å². The fourth-order valence-electron chi connectivity index (χ4n) is 3.46. The summed E-state index contributed by atoms with van der Waals surface area (Å²) in [4.78, 5) is 36.4. The Morgan fingerprint density at radius 3 is 2.65 bits per heavy atom. The molecular weight excluding hydrogens is 336 g/mol. The van der Waals surface area contributed by atoms with Crippen LogP contribution in [0.15, 0.2) is 47.6 Å². The van der Waals surface area contributed by atoms with E-state index >= 15 is 0 Å². The van der Waals surface area contributed by atoms with Gasteiger partial charge in [0, 0.05) is 29.6 Å². The van der Waals surface area contributed by atoms with Crippen LogP contribution >= 0.6 is 0 Å². The van der Waals surface area contributed by atoms with E-state index < -0.39 is 36.0 Å². The summed E-state index contributed by atoms with van der Waals surface area (Å²) in [6, 6.07) is 0. The number of hydrogen-bond acceptors (Lipinski definition) is 6. The van der Waals surface area contributed by atoms with Gasteiger partial charge in [0.15, 0.2) is 0 Å². The van der Waals surface area contributed by atoms with Crippen molar-refractivity contribution < 1.29 is 28.6 Å². The number of hydrogen-bond donors (Lipinski definition) is 0. The Balaban J connectivity index is 1.97. The molecule has 2 aliphatic heterocycles. The van der Waals surface area contributed by atoms with Crippen molar-refractivity contribution in [3.8, 4) is 0 Å². The van der Waals surface area contributed by atoms with Gasteiger partial charge < -0.3 is 14.2 Å². The highest BCUT2D eigenvalue weighted by Gasteiger charge is 2.46. The fourth-order valence-corrected chi connectivity index (χ4v) is 3.46. The van der Waals surface area contributed by atoms with Gasteiger partial charge >= 0.3 is 17.9 Å². The van der Waals surface area contributed by atoms with Gasteiger partial charge in [-0.3, -0.25) is 0 Å². The van der Waals surface area contributed by atoms with Crippen LogP contribution in [0.1, 0.15) is 33.1 Å². The maximum absolute atomic E-state index is 12.3. The third kappa shape index (κ3) is 3.36. The molecule has 0 aromatic rings. The van der Waals surface area contributed by atoms with Crippen molar-refractivity contribution in [3.63, 3.8) is 0 Å². The zero-order chi connectivity index (χ0) is 19.0. The van der Waals surface area contributed by atoms with Gasteiger partial charge in [0.2, 0.25) is 0 Å². The zero-order valence-corrected chi connectivity index (χ0v) is 14.9. The van der Waals surface area contributed by atoms with E-state index in [4.69, 9.17) is 14.2 Å². The second-order valence-corrected chi connectivity index (χ2v) is 6.88. The molecule has 1 fully saturated rings. The van der Waals surface area contributed by atoms with Crippen molar-refractivity contribution in [2.45, 2.75) is 51.4 Å². The van der Waals surface area contributed by atoms with Crippen LogP contribution in [0.3, 0.4) is 0 Å². The average Bonchev–Trinajstić information content (AvgIpc) is 3.05. The molecule has 26 heavy (non-hydrogen) atoms. The Hall–Kier alpha value is -2.63. The summed E-state index contributed by atoms with van der Waals surface area (Å²) in [5.74, 6) is -2.01. The van der Waals surface area contributed by atoms with Gasteiger partial charge in [0.05, 0.1) is 5.92 Å². The minimum absolute atomic E-state index is 0.209. The molecule has 6 nitrogen and oxygen atoms in total. The highest BCUT2D eigenvalue weighted by molar-refractivity contribution is 5.93. The molecule has 3 aliphatic rings. The van der Waals surface area contributed by atoms with Crippen molar-refractivity contribution in [1.29, 1.82) is 0 Å². The molecule has 0 N–H and O–H groups in total. The molecule has 0 aromatic heterocycles. The highest BCUT2D eigenvalue weighted by atomic mass is 16.6. The number of rotatable bonds is 3. The van der Waals surface area contributed by atoms with Crippen molar-refractivity contribution in [3.05, 3.63) is 47.6 Å². The smallest absolute Gasteiger partial charge is 0.334 e. The van der Waals surface area contributed by atoms with E-state index in [0.717, 1.165) is 5.57 Å². The van der Waals surface area contributed by atoms with Crippen LogP contribution < -0.4 is 0 Å². The Kier molecular flexibility index (Phi) is 4.85. The van der Waals surface area contributed by atoms with Crippen LogP contribution in [0.5, 0.6) is 0 Å². The van der Waals surface area contributed by atoms with Crippen LogP contribution in [0.25, 0.3) is 0 Å². The molecular formula is C20H22O6. The summed E-state index contributed by atoms with van der Waals surface area (Å²) in [5, 5.41) is 0. The van der Waals surface area contributed by atoms with Gasteiger partial charge in [-0.25, -0.2) is 14.4 Å². The van der Waals surface area contributed by atoms with Crippen molar-refractivity contribution in [1.82, 2.24) is 0 Å². The Labute approximate surface area is 152 Å². The van der Waals surface area contributed by atoms with Crippen molar-refractivity contribution in [2.24, 2.45) is 5.92 Å². The van der Waals surface area contributed by atoms with Gasteiger partial charge in [-0.05, 0) is 25.5 Å². The molecule has 4 atom stereocenters. The highest BCUT2D eigenvalue weighted by Crippen LogP contribution is 2.38. The predicted octanol–water partition coefficient (Wildman–Crippen LogP) is 2.55. The first-order chi connectivity index (χ1) is 12.3. The van der Waals surface area contributed by atoms with Crippen LogP contribution in [0.2, 0.25) is 0 Å². The van der Waals surface area contributed by atoms with E-state index in [1.807, 2.05) is 13.8 Å². The molecule has 3 rings (SSSR count). The molecule has 0 spiro atoms. The van der Waals surface area contributed by atoms with Gasteiger partial charge in [0.25, 0.3) is 0 Å². The quantitative estimate of drug-likeness (QED) is 0.334. The van der Waals surface area contributed by atoms with Gasteiger partial charge in [-0.15, -0.1) is 0 Å². The Bertz CT molecular complexity index is 756. The summed E-state index contributed by atoms with van der Waals surface area (Å²) in [7, 11) is 0. The molecule has 2 heterocycles. The molecule has 0 saturated carbocycles. The number of carbonyl (C=O) groups excluding carboxylic acids is 3. The predicted molar refractivity (Wildman–Crippen MR) is 92.8 cm³/mol. The van der Waals surface area contributed by atoms with E-state index in [2.05, 4.69) is 13.2 Å². The molecule has 6 heteroatoms. The maximum Gasteiger partial charge on any atom is 0.334 e. The zero-order valence-electron chi connectivity index (χ0n) is 14.9. The second kappa shape index (κ2) is 6.94. The minimum atomic E-state index is -0.719. The largest absolute Gasteiger partial charge is 0.458 e. The fraction of sp³-hybridized carbons (Fsp3) is 0.450. The minimum Gasteiger partial charge on any atom is -0.458 e. The summed E-state index contributed by atoms with van der Waals surface area (Å²) < 4.78 is 16.4. The number of fused-ring (bicyclic) bond motifs is 2. The van der Waals surface area contributed by atoms with E-state index in [1.54, 1.807) is 12.2 Å². The first-order valence-electron chi connectivity index (χ1n) is 8.67. The summed E-state index contributed by atoms with van der Waals surface area (Å²) in [6.45, 7) is 11.2. The summed E-state index contributed by atoms with van der Waals surface area (Å²) >= 11 is 0. The third-order valence-electron chi connectivity index (χ3n) is 4.94. The third-order valence-corrected chi connectivity index (χ3v) is 4.94. The molecule has 0 amide bonds. The summed E-state index contributed by atoms with van der Waals surface area (Å²) in [6.07, 6.45) is 3.03. The lowest BCUT2D eigenvalue weighted by atomic mass is 9.85. The normalized spacial score (nSPS) is 32.6. The molecule has 0 aromatic carbocycles. The lowest BCUT2D eigenvalue weighted by Crippen LogP contribution is -2.33. The van der Waals surface area contributed by atoms with E-state index in [1.165, 1.54) is 0 Å². The Morgan fingerprint density at radius 2 is 1.96 bits per heavy atom. The number of carbonyl (C=O) groups is 3. The van der Waals surface area contributed by atoms with Crippen LogP contribution in [0, 0.1) is 5.92 Å². The first kappa shape index (κ1) is 18.2. The topological polar surface area (TPSA) is 78.9 Å². The standard InChI is InChI=1S/C20H22O6/c1-5-11(3)18(21)25-15-7-10(2)6-14-8-13(20(23)24-14)9-16-17(15)12(4)19(22)26-16/h7-8,14-17H,3-6,9H2,1-2H3/b10-7+/t14?,15-,16+,17+/m1/s1. The average molecular weight is 358 g/mol. The van der Waals surface area contributed by atoms with Crippen LogP contribution in [-0.2, 0) is 28.6 Å². The van der Waals surface area contributed by atoms with E-state index in [0.29, 0.717) is 24.0 Å². The van der Waals surface area contributed by atoms with Crippen molar-refractivity contribution >= 4 is 17.9 Å². The molecule has 138 valence electrons. The van der Waals surface area contributed by atoms with Gasteiger partial charge in [0.1, 0.15) is 18.3 Å². The Morgan fingerprint density at radius 1 is 1.23 bits per heavy atom. The SMILES string of the molecule is C=C(CC)C(=O)O[C@@H]1/C=C(\C)CC2C=C(C[C@@H]3OC(=O)C(=C)[C@H]31)C(=O)O2. The van der Waals surface area contributed by atoms with Gasteiger partial charge in [-0.1, -0.05) is 25.7 Å². The van der Waals surface area contributed by atoms with Gasteiger partial charge in [-0.2, -0.15) is 0 Å². The lowest BCUT2D eigenvalue weighted by molar-refractivity contribution is -0.146. The second-order valence-electron chi connectivity index (χ2n) is 6.88. The first-order valence-corrected chi connectivity index (χ1v) is 8.67. The molecule has 0 radical (unpaired) electrons. The van der Waals surface area contributed by atoms with Crippen molar-refractivity contribution in [2.75, 3.05) is 0 Å². The molecule has 1 aliphatic carbocycles. The van der Waals surface area contributed by atoms with Crippen LogP contribution in [0.4, 0.5) is 0 Å². The monoisotopic (exact) mass is 358 g/mol. The number of ether oxygens (including phenoxy) is 3. The van der Waals surface area contributed by atoms with E-state index in [-0.39, 0.29) is 18.1 Å². The summed E-state index contributed by atoms with van der Waals surface area (Å²) in [5.41, 5.74) is 1.95.